The SMILES string of the molecule is C#CCN1CCN(C[C@@H]2CO[C@@H](c3ccc(Cl)cc3)O2)CC1. The fourth-order valence-electron chi connectivity index (χ4n) is 2.89. The molecule has 2 aliphatic rings. The average Bonchev–Trinajstić information content (AvgIpc) is 2.99. The largest absolute Gasteiger partial charge is 0.346 e. The van der Waals surface area contributed by atoms with Crippen LogP contribution in [0.5, 0.6) is 0 Å². The normalized spacial score (nSPS) is 26.9. The zero-order valence-electron chi connectivity index (χ0n) is 12.6. The van der Waals surface area contributed by atoms with E-state index in [2.05, 4.69) is 15.7 Å². The Labute approximate surface area is 136 Å². The van der Waals surface area contributed by atoms with Gasteiger partial charge in [0.15, 0.2) is 6.29 Å². The van der Waals surface area contributed by atoms with Crippen molar-refractivity contribution in [3.05, 3.63) is 34.9 Å². The molecule has 0 aromatic heterocycles. The van der Waals surface area contributed by atoms with Crippen molar-refractivity contribution in [3.63, 3.8) is 0 Å². The zero-order valence-corrected chi connectivity index (χ0v) is 13.3. The molecule has 5 heteroatoms. The van der Waals surface area contributed by atoms with Gasteiger partial charge in [0.1, 0.15) is 0 Å². The van der Waals surface area contributed by atoms with Gasteiger partial charge in [-0.05, 0) is 12.1 Å². The van der Waals surface area contributed by atoms with Gasteiger partial charge in [0.05, 0.1) is 19.3 Å². The van der Waals surface area contributed by atoms with E-state index in [1.165, 1.54) is 0 Å². The maximum Gasteiger partial charge on any atom is 0.184 e. The quantitative estimate of drug-likeness (QED) is 0.792. The Morgan fingerprint density at radius 3 is 2.50 bits per heavy atom. The molecule has 0 aliphatic carbocycles. The number of hydrogen-bond donors (Lipinski definition) is 0. The van der Waals surface area contributed by atoms with E-state index in [4.69, 9.17) is 27.5 Å². The lowest BCUT2D eigenvalue weighted by Crippen LogP contribution is -2.48. The average molecular weight is 321 g/mol. The van der Waals surface area contributed by atoms with Crippen LogP contribution in [0.1, 0.15) is 11.9 Å². The van der Waals surface area contributed by atoms with Gasteiger partial charge in [-0.1, -0.05) is 29.7 Å². The highest BCUT2D eigenvalue weighted by Gasteiger charge is 2.29. The Balaban J connectivity index is 1.46. The number of benzene rings is 1. The number of hydrogen-bond acceptors (Lipinski definition) is 4. The molecule has 2 saturated heterocycles. The molecule has 0 saturated carbocycles. The molecule has 0 radical (unpaired) electrons. The lowest BCUT2D eigenvalue weighted by atomic mass is 10.2. The molecule has 0 bridgehead atoms. The predicted molar refractivity (Wildman–Crippen MR) is 86.7 cm³/mol. The number of piperazine rings is 1. The summed E-state index contributed by atoms with van der Waals surface area (Å²) in [6.07, 6.45) is 5.21. The van der Waals surface area contributed by atoms with Crippen LogP contribution in [-0.2, 0) is 9.47 Å². The van der Waals surface area contributed by atoms with Crippen molar-refractivity contribution in [1.29, 1.82) is 0 Å². The van der Waals surface area contributed by atoms with Gasteiger partial charge >= 0.3 is 0 Å². The second-order valence-corrected chi connectivity index (χ2v) is 6.19. The molecule has 0 unspecified atom stereocenters. The highest BCUT2D eigenvalue weighted by molar-refractivity contribution is 6.30. The monoisotopic (exact) mass is 320 g/mol. The minimum absolute atomic E-state index is 0.125. The van der Waals surface area contributed by atoms with E-state index < -0.39 is 0 Å². The number of halogens is 1. The van der Waals surface area contributed by atoms with Crippen LogP contribution in [0.25, 0.3) is 0 Å². The summed E-state index contributed by atoms with van der Waals surface area (Å²) in [5.41, 5.74) is 1.02. The fourth-order valence-corrected chi connectivity index (χ4v) is 3.01. The third-order valence-corrected chi connectivity index (χ3v) is 4.39. The Morgan fingerprint density at radius 1 is 1.14 bits per heavy atom. The van der Waals surface area contributed by atoms with Crippen LogP contribution in [0.4, 0.5) is 0 Å². The summed E-state index contributed by atoms with van der Waals surface area (Å²) in [7, 11) is 0. The van der Waals surface area contributed by atoms with Gasteiger partial charge in [0.2, 0.25) is 0 Å². The molecule has 2 fully saturated rings. The van der Waals surface area contributed by atoms with E-state index in [1.54, 1.807) is 0 Å². The maximum absolute atomic E-state index is 6.01. The van der Waals surface area contributed by atoms with E-state index in [0.717, 1.165) is 49.9 Å². The van der Waals surface area contributed by atoms with Crippen molar-refractivity contribution in [3.8, 4) is 12.3 Å². The number of ether oxygens (including phenoxy) is 2. The number of nitrogens with zero attached hydrogens (tertiary/aromatic N) is 2. The fraction of sp³-hybridized carbons (Fsp3) is 0.529. The summed E-state index contributed by atoms with van der Waals surface area (Å²) < 4.78 is 11.8. The van der Waals surface area contributed by atoms with E-state index >= 15 is 0 Å². The molecule has 0 amide bonds. The smallest absolute Gasteiger partial charge is 0.184 e. The third-order valence-electron chi connectivity index (χ3n) is 4.13. The second kappa shape index (κ2) is 7.45. The molecule has 3 rings (SSSR count). The summed E-state index contributed by atoms with van der Waals surface area (Å²) in [5, 5.41) is 0.725. The van der Waals surface area contributed by atoms with Crippen LogP contribution >= 0.6 is 11.6 Å². The van der Waals surface area contributed by atoms with E-state index in [-0.39, 0.29) is 12.4 Å². The zero-order chi connectivity index (χ0) is 15.4. The number of rotatable bonds is 4. The Kier molecular flexibility index (Phi) is 5.35. The molecule has 0 N–H and O–H groups in total. The summed E-state index contributed by atoms with van der Waals surface area (Å²) in [6.45, 7) is 6.42. The first-order valence-electron chi connectivity index (χ1n) is 7.65. The Bertz CT molecular complexity index is 520. The Hall–Kier alpha value is -1.09. The van der Waals surface area contributed by atoms with Gasteiger partial charge in [0, 0.05) is 43.3 Å². The van der Waals surface area contributed by atoms with Crippen molar-refractivity contribution >= 4 is 11.6 Å². The van der Waals surface area contributed by atoms with E-state index in [9.17, 15) is 0 Å². The van der Waals surface area contributed by atoms with Gasteiger partial charge in [-0.3, -0.25) is 9.80 Å². The van der Waals surface area contributed by atoms with Crippen molar-refractivity contribution in [1.82, 2.24) is 9.80 Å². The van der Waals surface area contributed by atoms with Crippen molar-refractivity contribution in [2.24, 2.45) is 0 Å². The summed E-state index contributed by atoms with van der Waals surface area (Å²) in [6, 6.07) is 7.63. The van der Waals surface area contributed by atoms with Gasteiger partial charge in [-0.25, -0.2) is 0 Å². The third kappa shape index (κ3) is 4.01. The van der Waals surface area contributed by atoms with Gasteiger partial charge in [-0.15, -0.1) is 6.42 Å². The molecule has 1 aromatic carbocycles. The van der Waals surface area contributed by atoms with E-state index in [0.29, 0.717) is 6.61 Å². The summed E-state index contributed by atoms with van der Waals surface area (Å²) >= 11 is 5.91. The molecule has 118 valence electrons. The first-order chi connectivity index (χ1) is 10.7. The first kappa shape index (κ1) is 15.8. The molecule has 2 heterocycles. The standard InChI is InChI=1S/C17H21ClN2O2/c1-2-7-19-8-10-20(11-9-19)12-16-13-21-17(22-16)14-3-5-15(18)6-4-14/h1,3-6,16-17H,7-13H2/t16-,17-/m1/s1. The van der Waals surface area contributed by atoms with Crippen LogP contribution in [-0.4, -0.2) is 61.8 Å². The maximum atomic E-state index is 6.01. The summed E-state index contributed by atoms with van der Waals surface area (Å²) in [4.78, 5) is 4.73. The molecule has 2 aliphatic heterocycles. The van der Waals surface area contributed by atoms with Gasteiger partial charge in [0.25, 0.3) is 0 Å². The summed E-state index contributed by atoms with van der Waals surface area (Å²) in [5.74, 6) is 2.71. The van der Waals surface area contributed by atoms with Gasteiger partial charge in [-0.2, -0.15) is 0 Å². The van der Waals surface area contributed by atoms with Crippen molar-refractivity contribution < 1.29 is 9.47 Å². The van der Waals surface area contributed by atoms with Crippen molar-refractivity contribution in [2.75, 3.05) is 45.9 Å². The highest BCUT2D eigenvalue weighted by atomic mass is 35.5. The molecule has 2 atom stereocenters. The molecular weight excluding hydrogens is 300 g/mol. The molecule has 4 nitrogen and oxygen atoms in total. The van der Waals surface area contributed by atoms with Crippen molar-refractivity contribution in [2.45, 2.75) is 12.4 Å². The Morgan fingerprint density at radius 2 is 1.82 bits per heavy atom. The van der Waals surface area contributed by atoms with Crippen LogP contribution in [0, 0.1) is 12.3 Å². The minimum atomic E-state index is -0.273. The van der Waals surface area contributed by atoms with Crippen LogP contribution in [0.15, 0.2) is 24.3 Å². The molecular formula is C17H21ClN2O2. The van der Waals surface area contributed by atoms with Crippen LogP contribution in [0.3, 0.4) is 0 Å². The van der Waals surface area contributed by atoms with Gasteiger partial charge < -0.3 is 9.47 Å². The molecule has 22 heavy (non-hydrogen) atoms. The minimum Gasteiger partial charge on any atom is -0.346 e. The predicted octanol–water partition coefficient (Wildman–Crippen LogP) is 2.00. The molecule has 0 spiro atoms. The highest BCUT2D eigenvalue weighted by Crippen LogP contribution is 2.28. The van der Waals surface area contributed by atoms with E-state index in [1.807, 2.05) is 24.3 Å². The lowest BCUT2D eigenvalue weighted by Gasteiger charge is -2.34. The first-order valence-corrected chi connectivity index (χ1v) is 8.03. The topological polar surface area (TPSA) is 24.9 Å². The second-order valence-electron chi connectivity index (χ2n) is 5.76. The van der Waals surface area contributed by atoms with Crippen LogP contribution < -0.4 is 0 Å². The lowest BCUT2D eigenvalue weighted by molar-refractivity contribution is -0.0655. The van der Waals surface area contributed by atoms with Crippen LogP contribution in [0.2, 0.25) is 5.02 Å². The molecule has 1 aromatic rings. The number of terminal acetylenes is 1.